The molecule has 0 unspecified atom stereocenters. The predicted octanol–water partition coefficient (Wildman–Crippen LogP) is 3.84. The third-order valence-electron chi connectivity index (χ3n) is 4.23. The third-order valence-corrected chi connectivity index (χ3v) is 4.83. The van der Waals surface area contributed by atoms with Gasteiger partial charge in [0.05, 0.1) is 16.8 Å². The number of ether oxygens (including phenoxy) is 1. The first-order chi connectivity index (χ1) is 13.7. The molecule has 7 nitrogen and oxygen atoms in total. The molecular weight excluding hydrogens is 440 g/mol. The Morgan fingerprint density at radius 1 is 1.10 bits per heavy atom. The lowest BCUT2D eigenvalue weighted by atomic mass is 10.0. The van der Waals surface area contributed by atoms with Crippen LogP contribution >= 0.6 is 15.9 Å². The second kappa shape index (κ2) is 8.08. The summed E-state index contributed by atoms with van der Waals surface area (Å²) < 4.78 is 5.72. The second-order valence-corrected chi connectivity index (χ2v) is 7.44. The van der Waals surface area contributed by atoms with Crippen molar-refractivity contribution in [3.63, 3.8) is 0 Å². The summed E-state index contributed by atoms with van der Waals surface area (Å²) >= 11 is 3.23. The van der Waals surface area contributed by atoms with Crippen LogP contribution in [0.25, 0.3) is 6.08 Å². The van der Waals surface area contributed by atoms with Crippen molar-refractivity contribution in [1.82, 2.24) is 5.32 Å². The third kappa shape index (κ3) is 4.17. The van der Waals surface area contributed by atoms with Gasteiger partial charge in [-0.1, -0.05) is 6.07 Å². The van der Waals surface area contributed by atoms with E-state index in [1.165, 1.54) is 12.1 Å². The summed E-state index contributed by atoms with van der Waals surface area (Å²) in [5.41, 5.74) is 2.39. The summed E-state index contributed by atoms with van der Waals surface area (Å²) in [5.74, 6) is -1.39. The summed E-state index contributed by atoms with van der Waals surface area (Å²) in [5, 5.41) is 12.2. The number of rotatable bonds is 4. The Labute approximate surface area is 176 Å². The van der Waals surface area contributed by atoms with Crippen molar-refractivity contribution in [2.75, 3.05) is 11.5 Å². The van der Waals surface area contributed by atoms with Crippen LogP contribution in [0.15, 0.2) is 40.4 Å². The fourth-order valence-corrected chi connectivity index (χ4v) is 3.54. The Bertz CT molecular complexity index is 1040. The van der Waals surface area contributed by atoms with Crippen molar-refractivity contribution in [2.45, 2.75) is 20.8 Å². The minimum atomic E-state index is -0.802. The average Bonchev–Trinajstić information content (AvgIpc) is 2.62. The monoisotopic (exact) mass is 458 g/mol. The van der Waals surface area contributed by atoms with E-state index < -0.39 is 17.8 Å². The molecule has 0 saturated carbocycles. The molecule has 1 saturated heterocycles. The highest BCUT2D eigenvalue weighted by Crippen LogP contribution is 2.36. The lowest BCUT2D eigenvalue weighted by Crippen LogP contribution is -2.54. The smallest absolute Gasteiger partial charge is 0.335 e. The number of carbonyl (C=O) groups excluding carboxylic acids is 3. The molecule has 0 aliphatic carbocycles. The highest BCUT2D eigenvalue weighted by molar-refractivity contribution is 9.10. The average molecular weight is 459 g/mol. The largest absolute Gasteiger partial charge is 0.503 e. The Morgan fingerprint density at radius 2 is 1.76 bits per heavy atom. The Kier molecular flexibility index (Phi) is 5.74. The molecule has 2 aromatic carbocycles. The molecule has 3 rings (SSSR count). The van der Waals surface area contributed by atoms with Gasteiger partial charge in [-0.3, -0.25) is 14.9 Å². The normalized spacial score (nSPS) is 15.7. The molecule has 0 bridgehead atoms. The number of nitrogens with zero attached hydrogens (tertiary/aromatic N) is 1. The highest BCUT2D eigenvalue weighted by atomic mass is 79.9. The van der Waals surface area contributed by atoms with Crippen LogP contribution in [0.3, 0.4) is 0 Å². The second-order valence-electron chi connectivity index (χ2n) is 6.59. The molecule has 2 N–H and O–H groups in total. The van der Waals surface area contributed by atoms with Crippen LogP contribution in [0.5, 0.6) is 11.5 Å². The predicted molar refractivity (Wildman–Crippen MR) is 112 cm³/mol. The lowest BCUT2D eigenvalue weighted by Gasteiger charge is -2.27. The van der Waals surface area contributed by atoms with Gasteiger partial charge in [-0.25, -0.2) is 9.69 Å². The van der Waals surface area contributed by atoms with E-state index in [2.05, 4.69) is 21.2 Å². The van der Waals surface area contributed by atoms with E-state index >= 15 is 0 Å². The van der Waals surface area contributed by atoms with Gasteiger partial charge in [0.2, 0.25) is 0 Å². The van der Waals surface area contributed by atoms with Gasteiger partial charge in [-0.05, 0) is 83.7 Å². The van der Waals surface area contributed by atoms with Crippen LogP contribution in [0.4, 0.5) is 10.5 Å². The standard InChI is InChI=1S/C21H19BrN2O5/c1-4-29-17-10-13(9-16(22)18(17)25)8-15-19(26)23-21(28)24(20(15)27)14-6-11(2)5-12(3)7-14/h5-10,25H,4H2,1-3H3,(H,23,26,28). The number of aryl methyl sites for hydroxylation is 2. The molecular formula is C21H19BrN2O5. The molecule has 2 aromatic rings. The SMILES string of the molecule is CCOc1cc(C=C2C(=O)NC(=O)N(c3cc(C)cc(C)c3)C2=O)cc(Br)c1O. The van der Waals surface area contributed by atoms with E-state index in [4.69, 9.17) is 4.74 Å². The van der Waals surface area contributed by atoms with Gasteiger partial charge in [0.1, 0.15) is 5.57 Å². The number of carbonyl (C=O) groups is 3. The van der Waals surface area contributed by atoms with Gasteiger partial charge in [-0.15, -0.1) is 0 Å². The van der Waals surface area contributed by atoms with Crippen molar-refractivity contribution in [3.8, 4) is 11.5 Å². The number of amides is 4. The molecule has 4 amide bonds. The van der Waals surface area contributed by atoms with E-state index in [-0.39, 0.29) is 17.1 Å². The number of benzene rings is 2. The molecule has 0 atom stereocenters. The maximum atomic E-state index is 13.0. The van der Waals surface area contributed by atoms with E-state index in [9.17, 15) is 19.5 Å². The van der Waals surface area contributed by atoms with Crippen LogP contribution < -0.4 is 15.0 Å². The van der Waals surface area contributed by atoms with Crippen LogP contribution in [0, 0.1) is 13.8 Å². The number of phenols is 1. The maximum Gasteiger partial charge on any atom is 0.335 e. The van der Waals surface area contributed by atoms with Crippen molar-refractivity contribution in [3.05, 3.63) is 57.1 Å². The van der Waals surface area contributed by atoms with Gasteiger partial charge in [-0.2, -0.15) is 0 Å². The topological polar surface area (TPSA) is 95.9 Å². The number of urea groups is 1. The summed E-state index contributed by atoms with van der Waals surface area (Å²) in [6.07, 6.45) is 1.35. The molecule has 1 aliphatic rings. The fraction of sp³-hybridized carbons (Fsp3) is 0.190. The molecule has 1 aliphatic heterocycles. The highest BCUT2D eigenvalue weighted by Gasteiger charge is 2.37. The number of hydrogen-bond donors (Lipinski definition) is 2. The molecule has 29 heavy (non-hydrogen) atoms. The summed E-state index contributed by atoms with van der Waals surface area (Å²) in [4.78, 5) is 38.7. The van der Waals surface area contributed by atoms with Crippen molar-refractivity contribution >= 4 is 45.5 Å². The molecule has 0 spiro atoms. The van der Waals surface area contributed by atoms with Crippen LogP contribution in [-0.4, -0.2) is 29.6 Å². The lowest BCUT2D eigenvalue weighted by molar-refractivity contribution is -0.122. The van der Waals surface area contributed by atoms with Gasteiger partial charge in [0.15, 0.2) is 11.5 Å². The number of barbiturate groups is 1. The van der Waals surface area contributed by atoms with Gasteiger partial charge in [0.25, 0.3) is 11.8 Å². The Balaban J connectivity index is 2.06. The zero-order chi connectivity index (χ0) is 21.3. The van der Waals surface area contributed by atoms with Crippen LogP contribution in [0.1, 0.15) is 23.6 Å². The van der Waals surface area contributed by atoms with Crippen molar-refractivity contribution in [2.24, 2.45) is 0 Å². The Morgan fingerprint density at radius 3 is 2.38 bits per heavy atom. The first-order valence-electron chi connectivity index (χ1n) is 8.86. The fourth-order valence-electron chi connectivity index (χ4n) is 3.08. The zero-order valence-corrected chi connectivity index (χ0v) is 17.7. The van der Waals surface area contributed by atoms with Crippen molar-refractivity contribution < 1.29 is 24.2 Å². The maximum absolute atomic E-state index is 13.0. The van der Waals surface area contributed by atoms with E-state index in [0.717, 1.165) is 16.0 Å². The number of halogens is 1. The minimum Gasteiger partial charge on any atom is -0.503 e. The molecule has 0 aromatic heterocycles. The van der Waals surface area contributed by atoms with E-state index in [1.54, 1.807) is 25.1 Å². The summed E-state index contributed by atoms with van der Waals surface area (Å²) in [6, 6.07) is 7.56. The number of phenolic OH excluding ortho intramolecular Hbond substituents is 1. The van der Waals surface area contributed by atoms with Gasteiger partial charge in [0, 0.05) is 0 Å². The molecule has 8 heteroatoms. The molecule has 1 heterocycles. The zero-order valence-electron chi connectivity index (χ0n) is 16.1. The van der Waals surface area contributed by atoms with Crippen LogP contribution in [-0.2, 0) is 9.59 Å². The van der Waals surface area contributed by atoms with Gasteiger partial charge < -0.3 is 9.84 Å². The van der Waals surface area contributed by atoms with Gasteiger partial charge >= 0.3 is 6.03 Å². The summed E-state index contributed by atoms with van der Waals surface area (Å²) in [6.45, 7) is 5.81. The first-order valence-corrected chi connectivity index (χ1v) is 9.65. The van der Waals surface area contributed by atoms with Crippen LogP contribution in [0.2, 0.25) is 0 Å². The minimum absolute atomic E-state index is 0.0829. The van der Waals surface area contributed by atoms with E-state index in [1.807, 2.05) is 19.9 Å². The van der Waals surface area contributed by atoms with E-state index in [0.29, 0.717) is 22.3 Å². The Hall–Kier alpha value is -3.13. The first kappa shape index (κ1) is 20.6. The number of hydrogen-bond acceptors (Lipinski definition) is 5. The molecule has 0 radical (unpaired) electrons. The number of anilines is 1. The number of aromatic hydroxyl groups is 1. The van der Waals surface area contributed by atoms with Crippen molar-refractivity contribution in [1.29, 1.82) is 0 Å². The molecule has 150 valence electrons. The number of nitrogens with one attached hydrogen (secondary N) is 1. The molecule has 1 fully saturated rings. The summed E-state index contributed by atoms with van der Waals surface area (Å²) in [7, 11) is 0. The number of imide groups is 2. The quantitative estimate of drug-likeness (QED) is 0.535.